The first-order valence-electron chi connectivity index (χ1n) is 6.77. The molecule has 1 fully saturated rings. The Balaban J connectivity index is 1.99. The molecule has 3 atom stereocenters. The number of hydrogen-bond acceptors (Lipinski definition) is 4. The SMILES string of the molecule is CC1SCCN(c2cc3c(cc2Br)C(N)C(=O)N3)C1C. The third-order valence-corrected chi connectivity index (χ3v) is 6.16. The van der Waals surface area contributed by atoms with Crippen LogP contribution in [0.25, 0.3) is 0 Å². The minimum Gasteiger partial charge on any atom is -0.366 e. The molecule has 1 aromatic rings. The van der Waals surface area contributed by atoms with Gasteiger partial charge in [-0.1, -0.05) is 6.92 Å². The largest absolute Gasteiger partial charge is 0.366 e. The van der Waals surface area contributed by atoms with Crippen LogP contribution in [0.4, 0.5) is 11.4 Å². The molecule has 3 unspecified atom stereocenters. The minimum atomic E-state index is -0.552. The summed E-state index contributed by atoms with van der Waals surface area (Å²) < 4.78 is 1.01. The topological polar surface area (TPSA) is 58.4 Å². The zero-order valence-corrected chi connectivity index (χ0v) is 13.9. The molecule has 6 heteroatoms. The molecule has 0 aliphatic carbocycles. The van der Waals surface area contributed by atoms with Crippen molar-refractivity contribution in [2.75, 3.05) is 22.5 Å². The highest BCUT2D eigenvalue weighted by atomic mass is 79.9. The molecule has 2 heterocycles. The van der Waals surface area contributed by atoms with Crippen LogP contribution in [-0.4, -0.2) is 29.5 Å². The Kier molecular flexibility index (Phi) is 3.73. The zero-order chi connectivity index (χ0) is 14.4. The summed E-state index contributed by atoms with van der Waals surface area (Å²) in [4.78, 5) is 14.1. The highest BCUT2D eigenvalue weighted by Gasteiger charge is 2.31. The van der Waals surface area contributed by atoms with Crippen molar-refractivity contribution in [1.82, 2.24) is 0 Å². The summed E-state index contributed by atoms with van der Waals surface area (Å²) in [5, 5.41) is 3.46. The molecule has 20 heavy (non-hydrogen) atoms. The van der Waals surface area contributed by atoms with Crippen molar-refractivity contribution in [3.63, 3.8) is 0 Å². The van der Waals surface area contributed by atoms with Crippen molar-refractivity contribution in [2.24, 2.45) is 5.73 Å². The number of rotatable bonds is 1. The van der Waals surface area contributed by atoms with E-state index in [0.717, 1.165) is 33.7 Å². The van der Waals surface area contributed by atoms with Gasteiger partial charge in [-0.25, -0.2) is 0 Å². The third kappa shape index (κ3) is 2.23. The van der Waals surface area contributed by atoms with Crippen molar-refractivity contribution in [1.29, 1.82) is 0 Å². The third-order valence-electron chi connectivity index (χ3n) is 4.19. The molecule has 1 aromatic carbocycles. The molecule has 0 saturated carbocycles. The summed E-state index contributed by atoms with van der Waals surface area (Å²) >= 11 is 5.65. The van der Waals surface area contributed by atoms with E-state index in [9.17, 15) is 4.79 Å². The standard InChI is InChI=1S/C14H18BrN3OS/c1-7-8(2)20-4-3-18(7)12-6-11-9(5-10(12)15)13(16)14(19)17-11/h5-8,13H,3-4,16H2,1-2H3,(H,17,19). The highest BCUT2D eigenvalue weighted by Crippen LogP contribution is 2.40. The lowest BCUT2D eigenvalue weighted by atomic mass is 10.1. The van der Waals surface area contributed by atoms with Gasteiger partial charge in [-0.15, -0.1) is 0 Å². The molecule has 0 spiro atoms. The van der Waals surface area contributed by atoms with E-state index in [1.54, 1.807) is 0 Å². The average molecular weight is 356 g/mol. The first-order chi connectivity index (χ1) is 9.49. The zero-order valence-electron chi connectivity index (χ0n) is 11.5. The number of carbonyl (C=O) groups is 1. The van der Waals surface area contributed by atoms with E-state index >= 15 is 0 Å². The Labute approximate surface area is 131 Å². The first-order valence-corrected chi connectivity index (χ1v) is 8.61. The smallest absolute Gasteiger partial charge is 0.245 e. The number of hydrogen-bond donors (Lipinski definition) is 2. The van der Waals surface area contributed by atoms with Gasteiger partial charge in [0.25, 0.3) is 0 Å². The number of benzene rings is 1. The predicted octanol–water partition coefficient (Wildman–Crippen LogP) is 2.73. The second-order valence-electron chi connectivity index (χ2n) is 5.37. The summed E-state index contributed by atoms with van der Waals surface area (Å²) in [5.74, 6) is 1.00. The van der Waals surface area contributed by atoms with Gasteiger partial charge in [-0.2, -0.15) is 11.8 Å². The first kappa shape index (κ1) is 14.2. The minimum absolute atomic E-state index is 0.125. The summed E-state index contributed by atoms with van der Waals surface area (Å²) in [6, 6.07) is 3.94. The number of amides is 1. The second-order valence-corrected chi connectivity index (χ2v) is 7.71. The Hall–Kier alpha value is -0.720. The molecule has 3 N–H and O–H groups in total. The van der Waals surface area contributed by atoms with Crippen molar-refractivity contribution >= 4 is 45.0 Å². The Morgan fingerprint density at radius 2 is 2.20 bits per heavy atom. The van der Waals surface area contributed by atoms with Gasteiger partial charge in [-0.05, 0) is 35.0 Å². The van der Waals surface area contributed by atoms with Gasteiger partial charge in [0.1, 0.15) is 6.04 Å². The number of carbonyl (C=O) groups excluding carboxylic acids is 1. The van der Waals surface area contributed by atoms with E-state index in [0.29, 0.717) is 11.3 Å². The Bertz CT molecular complexity index is 566. The Morgan fingerprint density at radius 1 is 1.45 bits per heavy atom. The highest BCUT2D eigenvalue weighted by molar-refractivity contribution is 9.10. The van der Waals surface area contributed by atoms with E-state index in [1.807, 2.05) is 23.9 Å². The van der Waals surface area contributed by atoms with Gasteiger partial charge in [0.05, 0.1) is 5.69 Å². The number of anilines is 2. The van der Waals surface area contributed by atoms with Crippen LogP contribution in [0.1, 0.15) is 25.5 Å². The van der Waals surface area contributed by atoms with Crippen molar-refractivity contribution in [3.05, 3.63) is 22.2 Å². The monoisotopic (exact) mass is 355 g/mol. The van der Waals surface area contributed by atoms with Crippen molar-refractivity contribution in [2.45, 2.75) is 31.2 Å². The maximum Gasteiger partial charge on any atom is 0.245 e. The number of halogens is 1. The summed E-state index contributed by atoms with van der Waals surface area (Å²) in [7, 11) is 0. The van der Waals surface area contributed by atoms with Crippen molar-refractivity contribution in [3.8, 4) is 0 Å². The van der Waals surface area contributed by atoms with Crippen LogP contribution in [-0.2, 0) is 4.79 Å². The van der Waals surface area contributed by atoms with Gasteiger partial charge < -0.3 is 16.0 Å². The van der Waals surface area contributed by atoms with Gasteiger partial charge in [0.2, 0.25) is 5.91 Å². The van der Waals surface area contributed by atoms with Crippen LogP contribution in [0.15, 0.2) is 16.6 Å². The molecule has 2 aliphatic rings. The van der Waals surface area contributed by atoms with Crippen LogP contribution in [0, 0.1) is 0 Å². The second kappa shape index (κ2) is 5.24. The predicted molar refractivity (Wildman–Crippen MR) is 88.4 cm³/mol. The molecule has 1 amide bonds. The lowest BCUT2D eigenvalue weighted by Gasteiger charge is -2.39. The molecule has 2 aliphatic heterocycles. The molecule has 0 radical (unpaired) electrons. The molecule has 1 saturated heterocycles. The maximum atomic E-state index is 11.7. The van der Waals surface area contributed by atoms with E-state index in [4.69, 9.17) is 5.73 Å². The summed E-state index contributed by atoms with van der Waals surface area (Å²) in [6.45, 7) is 5.54. The lowest BCUT2D eigenvalue weighted by molar-refractivity contribution is -0.116. The number of fused-ring (bicyclic) bond motifs is 1. The van der Waals surface area contributed by atoms with E-state index < -0.39 is 6.04 Å². The van der Waals surface area contributed by atoms with E-state index in [1.165, 1.54) is 0 Å². The molecule has 108 valence electrons. The quantitative estimate of drug-likeness (QED) is 0.813. The van der Waals surface area contributed by atoms with E-state index in [2.05, 4.69) is 40.0 Å². The number of nitrogens with zero attached hydrogens (tertiary/aromatic N) is 1. The van der Waals surface area contributed by atoms with Crippen LogP contribution in [0.5, 0.6) is 0 Å². The van der Waals surface area contributed by atoms with Gasteiger partial charge in [-0.3, -0.25) is 4.79 Å². The van der Waals surface area contributed by atoms with E-state index in [-0.39, 0.29) is 5.91 Å². The van der Waals surface area contributed by atoms with Gasteiger partial charge >= 0.3 is 0 Å². The molecule has 4 nitrogen and oxygen atoms in total. The van der Waals surface area contributed by atoms with Crippen LogP contribution in [0.2, 0.25) is 0 Å². The summed E-state index contributed by atoms with van der Waals surface area (Å²) in [6.07, 6.45) is 0. The number of nitrogens with one attached hydrogen (secondary N) is 1. The maximum absolute atomic E-state index is 11.7. The van der Waals surface area contributed by atoms with Gasteiger partial charge in [0, 0.05) is 39.3 Å². The molecular weight excluding hydrogens is 338 g/mol. The fourth-order valence-electron chi connectivity index (χ4n) is 2.79. The fraction of sp³-hybridized carbons (Fsp3) is 0.500. The fourth-order valence-corrected chi connectivity index (χ4v) is 4.48. The number of nitrogens with two attached hydrogens (primary N) is 1. The normalized spacial score (nSPS) is 29.3. The summed E-state index contributed by atoms with van der Waals surface area (Å²) in [5.41, 5.74) is 8.74. The van der Waals surface area contributed by atoms with Crippen LogP contribution < -0.4 is 16.0 Å². The molecule has 0 bridgehead atoms. The average Bonchev–Trinajstić information content (AvgIpc) is 2.68. The van der Waals surface area contributed by atoms with Crippen LogP contribution in [0.3, 0.4) is 0 Å². The molecule has 3 rings (SSSR count). The molecular formula is C14H18BrN3OS. The Morgan fingerprint density at radius 3 is 2.95 bits per heavy atom. The number of thioether (sulfide) groups is 1. The van der Waals surface area contributed by atoms with Crippen molar-refractivity contribution < 1.29 is 4.79 Å². The molecule has 0 aromatic heterocycles. The van der Waals surface area contributed by atoms with Gasteiger partial charge in [0.15, 0.2) is 0 Å². The van der Waals surface area contributed by atoms with Crippen LogP contribution >= 0.6 is 27.7 Å². The lowest BCUT2D eigenvalue weighted by Crippen LogP contribution is -2.44.